The van der Waals surface area contributed by atoms with E-state index in [1.807, 2.05) is 19.1 Å². The Labute approximate surface area is 111 Å². The number of hydrogen-bond acceptors (Lipinski definition) is 1. The van der Waals surface area contributed by atoms with E-state index in [4.69, 9.17) is 0 Å². The molecule has 100 valence electrons. The molecule has 0 aliphatic carbocycles. The first-order valence-corrected chi connectivity index (χ1v) is 7.07. The summed E-state index contributed by atoms with van der Waals surface area (Å²) < 4.78 is 0. The molecule has 0 atom stereocenters. The Hall–Kier alpha value is -1.31. The Morgan fingerprint density at radius 2 is 1.94 bits per heavy atom. The van der Waals surface area contributed by atoms with Gasteiger partial charge in [0.05, 0.1) is 0 Å². The van der Waals surface area contributed by atoms with Crippen LogP contribution in [0.2, 0.25) is 0 Å². The van der Waals surface area contributed by atoms with Crippen LogP contribution >= 0.6 is 0 Å². The minimum atomic E-state index is 0.0930. The van der Waals surface area contributed by atoms with Crippen molar-refractivity contribution in [2.75, 3.05) is 5.32 Å². The zero-order chi connectivity index (χ0) is 13.4. The number of aryl methyl sites for hydroxylation is 1. The van der Waals surface area contributed by atoms with Crippen LogP contribution in [-0.2, 0) is 11.2 Å². The lowest BCUT2D eigenvalue weighted by molar-refractivity contribution is -0.115. The molecule has 0 aromatic heterocycles. The molecule has 0 unspecified atom stereocenters. The van der Waals surface area contributed by atoms with E-state index in [1.165, 1.54) is 36.8 Å². The third-order valence-corrected chi connectivity index (χ3v) is 3.29. The Bertz CT molecular complexity index is 385. The third kappa shape index (κ3) is 4.52. The van der Waals surface area contributed by atoms with E-state index in [2.05, 4.69) is 25.2 Å². The van der Waals surface area contributed by atoms with Gasteiger partial charge in [-0.3, -0.25) is 4.79 Å². The van der Waals surface area contributed by atoms with Crippen molar-refractivity contribution in [2.45, 2.75) is 59.3 Å². The Morgan fingerprint density at radius 3 is 2.61 bits per heavy atom. The summed E-state index contributed by atoms with van der Waals surface area (Å²) >= 11 is 0. The van der Waals surface area contributed by atoms with Crippen LogP contribution in [0.3, 0.4) is 0 Å². The van der Waals surface area contributed by atoms with Crippen LogP contribution in [0.5, 0.6) is 0 Å². The molecule has 2 nitrogen and oxygen atoms in total. The quantitative estimate of drug-likeness (QED) is 0.708. The number of carbonyl (C=O) groups excluding carboxylic acids is 1. The molecule has 0 aliphatic rings. The highest BCUT2D eigenvalue weighted by molar-refractivity contribution is 5.91. The van der Waals surface area contributed by atoms with Crippen LogP contribution < -0.4 is 5.32 Å². The van der Waals surface area contributed by atoms with E-state index in [-0.39, 0.29) is 5.91 Å². The maximum Gasteiger partial charge on any atom is 0.224 e. The molecule has 0 radical (unpaired) electrons. The van der Waals surface area contributed by atoms with Crippen LogP contribution in [0.25, 0.3) is 0 Å². The predicted molar refractivity (Wildman–Crippen MR) is 77.9 cm³/mol. The monoisotopic (exact) mass is 247 g/mol. The SMILES string of the molecule is CCCCCCc1c(C)cccc1NC(=O)CC. The lowest BCUT2D eigenvalue weighted by Crippen LogP contribution is -2.11. The molecule has 1 rings (SSSR count). The van der Waals surface area contributed by atoms with Gasteiger partial charge in [0.1, 0.15) is 0 Å². The summed E-state index contributed by atoms with van der Waals surface area (Å²) in [4.78, 5) is 11.5. The Kier molecular flexibility index (Phi) is 6.48. The minimum Gasteiger partial charge on any atom is -0.326 e. The van der Waals surface area contributed by atoms with Gasteiger partial charge in [0.15, 0.2) is 0 Å². The van der Waals surface area contributed by atoms with Crippen molar-refractivity contribution in [1.82, 2.24) is 0 Å². The molecule has 2 heteroatoms. The number of nitrogens with one attached hydrogen (secondary N) is 1. The lowest BCUT2D eigenvalue weighted by Gasteiger charge is -2.13. The van der Waals surface area contributed by atoms with Crippen molar-refractivity contribution in [1.29, 1.82) is 0 Å². The second-order valence-electron chi connectivity index (χ2n) is 4.81. The molecule has 1 amide bonds. The topological polar surface area (TPSA) is 29.1 Å². The fourth-order valence-corrected chi connectivity index (χ4v) is 2.12. The van der Waals surface area contributed by atoms with Crippen LogP contribution in [0.4, 0.5) is 5.69 Å². The average Bonchev–Trinajstić information content (AvgIpc) is 2.37. The van der Waals surface area contributed by atoms with E-state index in [9.17, 15) is 4.79 Å². The molecule has 0 saturated heterocycles. The number of carbonyl (C=O) groups is 1. The summed E-state index contributed by atoms with van der Waals surface area (Å²) in [6.45, 7) is 6.23. The highest BCUT2D eigenvalue weighted by atomic mass is 16.1. The molecule has 0 fully saturated rings. The fraction of sp³-hybridized carbons (Fsp3) is 0.562. The first-order valence-electron chi connectivity index (χ1n) is 7.07. The molecule has 1 N–H and O–H groups in total. The second-order valence-corrected chi connectivity index (χ2v) is 4.81. The summed E-state index contributed by atoms with van der Waals surface area (Å²) in [5.74, 6) is 0.0930. The molecular weight excluding hydrogens is 222 g/mol. The van der Waals surface area contributed by atoms with Crippen molar-refractivity contribution in [2.24, 2.45) is 0 Å². The van der Waals surface area contributed by atoms with Gasteiger partial charge >= 0.3 is 0 Å². The first-order chi connectivity index (χ1) is 8.69. The van der Waals surface area contributed by atoms with Gasteiger partial charge in [-0.1, -0.05) is 45.2 Å². The molecule has 0 heterocycles. The maximum absolute atomic E-state index is 11.5. The van der Waals surface area contributed by atoms with Crippen molar-refractivity contribution >= 4 is 11.6 Å². The summed E-state index contributed by atoms with van der Waals surface area (Å²) in [5, 5.41) is 3.00. The van der Waals surface area contributed by atoms with Crippen molar-refractivity contribution in [3.63, 3.8) is 0 Å². The normalized spacial score (nSPS) is 10.4. The van der Waals surface area contributed by atoms with Gasteiger partial charge in [-0.05, 0) is 37.0 Å². The molecule has 0 bridgehead atoms. The van der Waals surface area contributed by atoms with E-state index >= 15 is 0 Å². The lowest BCUT2D eigenvalue weighted by atomic mass is 9.99. The summed E-state index contributed by atoms with van der Waals surface area (Å²) in [5.41, 5.74) is 3.58. The number of benzene rings is 1. The molecule has 0 spiro atoms. The van der Waals surface area contributed by atoms with Crippen molar-refractivity contribution < 1.29 is 4.79 Å². The predicted octanol–water partition coefficient (Wildman–Crippen LogP) is 4.47. The van der Waals surface area contributed by atoms with Crippen molar-refractivity contribution in [3.05, 3.63) is 29.3 Å². The maximum atomic E-state index is 11.5. The Balaban J connectivity index is 2.71. The minimum absolute atomic E-state index is 0.0930. The fourth-order valence-electron chi connectivity index (χ4n) is 2.12. The number of hydrogen-bond donors (Lipinski definition) is 1. The largest absolute Gasteiger partial charge is 0.326 e. The van der Waals surface area contributed by atoms with E-state index in [0.717, 1.165) is 12.1 Å². The zero-order valence-electron chi connectivity index (χ0n) is 11.9. The van der Waals surface area contributed by atoms with E-state index < -0.39 is 0 Å². The van der Waals surface area contributed by atoms with Gasteiger partial charge < -0.3 is 5.32 Å². The zero-order valence-corrected chi connectivity index (χ0v) is 11.9. The van der Waals surface area contributed by atoms with Gasteiger partial charge in [0.2, 0.25) is 5.91 Å². The van der Waals surface area contributed by atoms with Gasteiger partial charge in [-0.15, -0.1) is 0 Å². The molecule has 18 heavy (non-hydrogen) atoms. The first kappa shape index (κ1) is 14.7. The van der Waals surface area contributed by atoms with Crippen LogP contribution in [-0.4, -0.2) is 5.91 Å². The van der Waals surface area contributed by atoms with E-state index in [0.29, 0.717) is 6.42 Å². The van der Waals surface area contributed by atoms with Gasteiger partial charge in [0, 0.05) is 12.1 Å². The van der Waals surface area contributed by atoms with Crippen LogP contribution in [0.15, 0.2) is 18.2 Å². The van der Waals surface area contributed by atoms with Crippen LogP contribution in [0, 0.1) is 6.92 Å². The Morgan fingerprint density at radius 1 is 1.17 bits per heavy atom. The standard InChI is InChI=1S/C16H25NO/c1-4-6-7-8-11-14-13(3)10-9-12-15(14)17-16(18)5-2/h9-10,12H,4-8,11H2,1-3H3,(H,17,18). The van der Waals surface area contributed by atoms with Gasteiger partial charge in [0.25, 0.3) is 0 Å². The molecule has 0 saturated carbocycles. The number of amides is 1. The second kappa shape index (κ2) is 7.91. The number of rotatable bonds is 7. The number of anilines is 1. The third-order valence-electron chi connectivity index (χ3n) is 3.29. The van der Waals surface area contributed by atoms with Crippen LogP contribution in [0.1, 0.15) is 57.1 Å². The number of unbranched alkanes of at least 4 members (excludes halogenated alkanes) is 3. The van der Waals surface area contributed by atoms with Gasteiger partial charge in [-0.25, -0.2) is 0 Å². The molecular formula is C16H25NO. The summed E-state index contributed by atoms with van der Waals surface area (Å²) in [6, 6.07) is 6.14. The van der Waals surface area contributed by atoms with E-state index in [1.54, 1.807) is 0 Å². The average molecular weight is 247 g/mol. The smallest absolute Gasteiger partial charge is 0.224 e. The highest BCUT2D eigenvalue weighted by Gasteiger charge is 2.07. The highest BCUT2D eigenvalue weighted by Crippen LogP contribution is 2.22. The summed E-state index contributed by atoms with van der Waals surface area (Å²) in [7, 11) is 0. The molecule has 0 aliphatic heterocycles. The molecule has 1 aromatic carbocycles. The van der Waals surface area contributed by atoms with Crippen molar-refractivity contribution in [3.8, 4) is 0 Å². The molecule has 1 aromatic rings. The summed E-state index contributed by atoms with van der Waals surface area (Å²) in [6.07, 6.45) is 6.62. The van der Waals surface area contributed by atoms with Gasteiger partial charge in [-0.2, -0.15) is 0 Å².